The molecule has 0 amide bonds. The fraction of sp³-hybridized carbons (Fsp3) is 0.273. The second-order valence-electron chi connectivity index (χ2n) is 3.97. The largest absolute Gasteiger partial charge is 0.416 e. The molecule has 0 aliphatic heterocycles. The molecular weight excluding hydrogens is 320 g/mol. The molecule has 0 fully saturated rings. The minimum absolute atomic E-state index is 0.0395. The Bertz CT molecular complexity index is 544. The van der Waals surface area contributed by atoms with Crippen LogP contribution < -0.4 is 11.2 Å². The lowest BCUT2D eigenvalue weighted by Gasteiger charge is -2.14. The van der Waals surface area contributed by atoms with Crippen LogP contribution in [0.5, 0.6) is 0 Å². The van der Waals surface area contributed by atoms with Gasteiger partial charge in [-0.2, -0.15) is 31.4 Å². The van der Waals surface area contributed by atoms with E-state index >= 15 is 0 Å². The molecule has 0 aromatic heterocycles. The summed E-state index contributed by atoms with van der Waals surface area (Å²) in [6.07, 6.45) is -9.82. The van der Waals surface area contributed by atoms with Crippen LogP contribution >= 0.6 is 12.2 Å². The van der Waals surface area contributed by atoms with E-state index in [1.165, 1.54) is 6.92 Å². The molecule has 0 heterocycles. The molecule has 0 radical (unpaired) electrons. The van der Waals surface area contributed by atoms with E-state index in [9.17, 15) is 26.3 Å². The Morgan fingerprint density at radius 2 is 1.48 bits per heavy atom. The lowest BCUT2D eigenvalue weighted by atomic mass is 10.0. The molecule has 21 heavy (non-hydrogen) atoms. The van der Waals surface area contributed by atoms with Gasteiger partial charge in [-0.15, -0.1) is 0 Å². The first-order chi connectivity index (χ1) is 9.41. The quantitative estimate of drug-likeness (QED) is 0.379. The molecule has 3 N–H and O–H groups in total. The van der Waals surface area contributed by atoms with Gasteiger partial charge in [0.15, 0.2) is 5.11 Å². The summed E-state index contributed by atoms with van der Waals surface area (Å²) in [6.45, 7) is 1.22. The Kier molecular flexibility index (Phi) is 4.82. The third-order valence-corrected chi connectivity index (χ3v) is 2.43. The average Bonchev–Trinajstić information content (AvgIpc) is 2.33. The van der Waals surface area contributed by atoms with Crippen molar-refractivity contribution in [3.63, 3.8) is 0 Å². The number of benzene rings is 1. The van der Waals surface area contributed by atoms with E-state index in [-0.39, 0.29) is 22.5 Å². The smallest absolute Gasteiger partial charge is 0.375 e. The third kappa shape index (κ3) is 4.88. The minimum Gasteiger partial charge on any atom is -0.375 e. The molecule has 1 aromatic carbocycles. The molecule has 1 aromatic rings. The number of nitrogens with two attached hydrogens (primary N) is 1. The standard InChI is InChI=1S/C11H9F6N3S/c1-5(19-20-9(18)21)6-2-7(10(12,13)14)4-8(3-6)11(15,16)17/h2-4H,1H3,(H3,18,20,21)/b19-5+. The van der Waals surface area contributed by atoms with Gasteiger partial charge in [-0.25, -0.2) is 0 Å². The van der Waals surface area contributed by atoms with Gasteiger partial charge in [0.25, 0.3) is 0 Å². The highest BCUT2D eigenvalue weighted by Gasteiger charge is 2.37. The lowest BCUT2D eigenvalue weighted by molar-refractivity contribution is -0.143. The molecule has 0 saturated carbocycles. The highest BCUT2D eigenvalue weighted by atomic mass is 32.1. The molecular formula is C11H9F6N3S. The van der Waals surface area contributed by atoms with E-state index in [1.807, 2.05) is 0 Å². The Morgan fingerprint density at radius 3 is 1.81 bits per heavy atom. The van der Waals surface area contributed by atoms with Crippen LogP contribution in [-0.2, 0) is 12.4 Å². The molecule has 0 bridgehead atoms. The number of hydrogen-bond acceptors (Lipinski definition) is 2. The summed E-state index contributed by atoms with van der Waals surface area (Å²) in [5, 5.41) is 3.24. The van der Waals surface area contributed by atoms with Crippen LogP contribution in [0.4, 0.5) is 26.3 Å². The zero-order valence-corrected chi connectivity index (χ0v) is 11.2. The van der Waals surface area contributed by atoms with Crippen molar-refractivity contribution in [2.24, 2.45) is 10.8 Å². The number of nitrogens with zero attached hydrogens (tertiary/aromatic N) is 1. The molecule has 10 heteroatoms. The van der Waals surface area contributed by atoms with Gasteiger partial charge in [-0.1, -0.05) is 0 Å². The summed E-state index contributed by atoms with van der Waals surface area (Å²) in [5.74, 6) is 0. The second kappa shape index (κ2) is 5.88. The molecule has 0 unspecified atom stereocenters. The van der Waals surface area contributed by atoms with Crippen molar-refractivity contribution >= 4 is 23.0 Å². The van der Waals surface area contributed by atoms with Crippen LogP contribution in [0.2, 0.25) is 0 Å². The van der Waals surface area contributed by atoms with E-state index in [0.717, 1.165) is 0 Å². The van der Waals surface area contributed by atoms with Crippen LogP contribution in [0.25, 0.3) is 0 Å². The van der Waals surface area contributed by atoms with E-state index < -0.39 is 23.5 Å². The van der Waals surface area contributed by atoms with Gasteiger partial charge < -0.3 is 5.73 Å². The maximum Gasteiger partial charge on any atom is 0.416 e. The highest BCUT2D eigenvalue weighted by Crippen LogP contribution is 2.36. The van der Waals surface area contributed by atoms with Gasteiger partial charge in [0.05, 0.1) is 16.8 Å². The SMILES string of the molecule is C/C(=N\NC(N)=S)c1cc(C(F)(F)F)cc(C(F)(F)F)c1. The maximum absolute atomic E-state index is 12.6. The first kappa shape index (κ1) is 17.2. The molecule has 116 valence electrons. The number of halogens is 6. The first-order valence-electron chi connectivity index (χ1n) is 5.31. The van der Waals surface area contributed by atoms with Crippen LogP contribution in [0.1, 0.15) is 23.6 Å². The van der Waals surface area contributed by atoms with Crippen molar-refractivity contribution in [2.75, 3.05) is 0 Å². The molecule has 0 atom stereocenters. The molecule has 3 nitrogen and oxygen atoms in total. The molecule has 0 saturated heterocycles. The number of rotatable bonds is 2. The van der Waals surface area contributed by atoms with Gasteiger partial charge in [-0.05, 0) is 42.9 Å². The maximum atomic E-state index is 12.6. The second-order valence-corrected chi connectivity index (χ2v) is 4.41. The zero-order chi connectivity index (χ0) is 16.4. The van der Waals surface area contributed by atoms with Crippen molar-refractivity contribution < 1.29 is 26.3 Å². The Hall–Kier alpha value is -1.84. The average molecular weight is 329 g/mol. The predicted molar refractivity (Wildman–Crippen MR) is 68.6 cm³/mol. The fourth-order valence-electron chi connectivity index (χ4n) is 1.37. The van der Waals surface area contributed by atoms with E-state index in [2.05, 4.69) is 22.7 Å². The Balaban J connectivity index is 3.39. The summed E-state index contributed by atoms with van der Waals surface area (Å²) in [7, 11) is 0. The van der Waals surface area contributed by atoms with Crippen molar-refractivity contribution in [1.29, 1.82) is 0 Å². The summed E-state index contributed by atoms with van der Waals surface area (Å²) >= 11 is 4.43. The summed E-state index contributed by atoms with van der Waals surface area (Å²) in [5.41, 5.74) is 3.85. The Labute approximate surface area is 120 Å². The topological polar surface area (TPSA) is 50.4 Å². The fourth-order valence-corrected chi connectivity index (χ4v) is 1.41. The van der Waals surface area contributed by atoms with Crippen LogP contribution in [0.3, 0.4) is 0 Å². The van der Waals surface area contributed by atoms with Crippen molar-refractivity contribution in [2.45, 2.75) is 19.3 Å². The van der Waals surface area contributed by atoms with Gasteiger partial charge in [0.1, 0.15) is 0 Å². The van der Waals surface area contributed by atoms with Gasteiger partial charge >= 0.3 is 12.4 Å². The van der Waals surface area contributed by atoms with Crippen LogP contribution in [0.15, 0.2) is 23.3 Å². The van der Waals surface area contributed by atoms with Gasteiger partial charge in [0.2, 0.25) is 0 Å². The van der Waals surface area contributed by atoms with E-state index in [4.69, 9.17) is 5.73 Å². The molecule has 0 aliphatic rings. The van der Waals surface area contributed by atoms with Crippen LogP contribution in [-0.4, -0.2) is 10.8 Å². The summed E-state index contributed by atoms with van der Waals surface area (Å²) < 4.78 is 75.9. The van der Waals surface area contributed by atoms with E-state index in [0.29, 0.717) is 12.1 Å². The third-order valence-electron chi connectivity index (χ3n) is 2.34. The van der Waals surface area contributed by atoms with E-state index in [1.54, 1.807) is 0 Å². The molecule has 0 spiro atoms. The van der Waals surface area contributed by atoms with Crippen molar-refractivity contribution in [3.05, 3.63) is 34.9 Å². The summed E-state index contributed by atoms with van der Waals surface area (Å²) in [6, 6.07) is 1.17. The molecule has 0 aliphatic carbocycles. The molecule has 1 rings (SSSR count). The lowest BCUT2D eigenvalue weighted by Crippen LogP contribution is -2.25. The number of hydrazone groups is 1. The Morgan fingerprint density at radius 1 is 1.05 bits per heavy atom. The van der Waals surface area contributed by atoms with Crippen molar-refractivity contribution in [1.82, 2.24) is 5.43 Å². The monoisotopic (exact) mass is 329 g/mol. The summed E-state index contributed by atoms with van der Waals surface area (Å²) in [4.78, 5) is 0. The highest BCUT2D eigenvalue weighted by molar-refractivity contribution is 7.80. The number of thiocarbonyl (C=S) groups is 1. The number of hydrogen-bond donors (Lipinski definition) is 2. The first-order valence-corrected chi connectivity index (χ1v) is 5.71. The normalized spacial score (nSPS) is 13.2. The predicted octanol–water partition coefficient (Wildman–Crippen LogP) is 3.28. The minimum atomic E-state index is -4.91. The van der Waals surface area contributed by atoms with Crippen LogP contribution in [0, 0.1) is 0 Å². The number of nitrogens with one attached hydrogen (secondary N) is 1. The van der Waals surface area contributed by atoms with Crippen molar-refractivity contribution in [3.8, 4) is 0 Å². The van der Waals surface area contributed by atoms with Gasteiger partial charge in [-0.3, -0.25) is 5.43 Å². The zero-order valence-electron chi connectivity index (χ0n) is 10.4. The van der Waals surface area contributed by atoms with Gasteiger partial charge in [0, 0.05) is 0 Å². The number of alkyl halides is 6.